The van der Waals surface area contributed by atoms with Crippen molar-refractivity contribution in [2.75, 3.05) is 6.26 Å². The molecule has 8 heteroatoms. The smallest absolute Gasteiger partial charge is 0.248 e. The lowest BCUT2D eigenvalue weighted by molar-refractivity contribution is -0.103. The molecule has 0 amide bonds. The van der Waals surface area contributed by atoms with Crippen LogP contribution in [0, 0.1) is 0 Å². The van der Waals surface area contributed by atoms with Crippen molar-refractivity contribution in [2.24, 2.45) is 0 Å². The van der Waals surface area contributed by atoms with E-state index < -0.39 is 15.9 Å². The molecule has 1 N–H and O–H groups in total. The first kappa shape index (κ1) is 17.6. The Morgan fingerprint density at radius 1 is 1.19 bits per heavy atom. The Morgan fingerprint density at radius 2 is 1.81 bits per heavy atom. The van der Waals surface area contributed by atoms with Crippen molar-refractivity contribution >= 4 is 26.0 Å². The number of sulfonamides is 1. The maximum absolute atomic E-state index is 13.1. The Hall–Kier alpha value is 0.210. The molecule has 0 radical (unpaired) electrons. The van der Waals surface area contributed by atoms with Crippen LogP contribution in [0.4, 0.5) is 8.78 Å². The summed E-state index contributed by atoms with van der Waals surface area (Å²) in [5.41, 5.74) is 0. The van der Waals surface area contributed by atoms with Gasteiger partial charge in [0.05, 0.1) is 18.5 Å². The van der Waals surface area contributed by atoms with Gasteiger partial charge < -0.3 is 4.74 Å². The van der Waals surface area contributed by atoms with Gasteiger partial charge in [0.25, 0.3) is 0 Å². The van der Waals surface area contributed by atoms with Crippen LogP contribution in [0.15, 0.2) is 0 Å². The highest BCUT2D eigenvalue weighted by molar-refractivity contribution is 9.09. The lowest BCUT2D eigenvalue weighted by Crippen LogP contribution is -2.44. The first-order valence-electron chi connectivity index (χ1n) is 7.29. The molecule has 0 heterocycles. The minimum Gasteiger partial charge on any atom is -0.374 e. The molecule has 0 saturated heterocycles. The number of ether oxygens (including phenoxy) is 1. The minimum atomic E-state index is -3.20. The molecule has 0 spiro atoms. The molecule has 4 nitrogen and oxygen atoms in total. The zero-order valence-corrected chi connectivity index (χ0v) is 14.4. The zero-order chi connectivity index (χ0) is 15.7. The summed E-state index contributed by atoms with van der Waals surface area (Å²) in [6, 6.07) is -0.0834. The van der Waals surface area contributed by atoms with Gasteiger partial charge in [-0.2, -0.15) is 0 Å². The monoisotopic (exact) mass is 389 g/mol. The first-order chi connectivity index (χ1) is 9.65. The number of nitrogens with one attached hydrogen (secondary N) is 1. The van der Waals surface area contributed by atoms with Gasteiger partial charge >= 0.3 is 0 Å². The van der Waals surface area contributed by atoms with Crippen LogP contribution in [0.3, 0.4) is 0 Å². The van der Waals surface area contributed by atoms with Gasteiger partial charge in [-0.3, -0.25) is 0 Å². The molecule has 0 bridgehead atoms. The third-order valence-corrected chi connectivity index (χ3v) is 5.85. The molecule has 3 unspecified atom stereocenters. The number of hydrogen-bond acceptors (Lipinski definition) is 3. The van der Waals surface area contributed by atoms with Crippen LogP contribution in [0.1, 0.15) is 44.9 Å². The quantitative estimate of drug-likeness (QED) is 0.752. The summed E-state index contributed by atoms with van der Waals surface area (Å²) in [7, 11) is -3.20. The third-order valence-electron chi connectivity index (χ3n) is 4.12. The lowest BCUT2D eigenvalue weighted by atomic mass is 9.91. The zero-order valence-electron chi connectivity index (χ0n) is 12.0. The van der Waals surface area contributed by atoms with Gasteiger partial charge in [-0.05, 0) is 32.1 Å². The summed E-state index contributed by atoms with van der Waals surface area (Å²) in [6.07, 6.45) is 3.71. The van der Waals surface area contributed by atoms with E-state index in [-0.39, 0.29) is 35.9 Å². The fourth-order valence-electron chi connectivity index (χ4n) is 3.05. The summed E-state index contributed by atoms with van der Waals surface area (Å²) < 4.78 is 57.3. The number of halogens is 3. The number of alkyl halides is 3. The van der Waals surface area contributed by atoms with E-state index in [1.54, 1.807) is 0 Å². The Kier molecular flexibility index (Phi) is 5.66. The minimum absolute atomic E-state index is 0.0284. The molecule has 2 rings (SSSR count). The SMILES string of the molecule is CS(=O)(=O)NC1CCC(OC2CCC(F)(F)CC2)C(Br)C1. The van der Waals surface area contributed by atoms with Crippen LogP contribution in [0.5, 0.6) is 0 Å². The Balaban J connectivity index is 1.79. The van der Waals surface area contributed by atoms with E-state index in [4.69, 9.17) is 4.74 Å². The van der Waals surface area contributed by atoms with Crippen LogP contribution in [-0.2, 0) is 14.8 Å². The second-order valence-electron chi connectivity index (χ2n) is 6.15. The molecule has 124 valence electrons. The molecule has 2 aliphatic carbocycles. The molecule has 2 aliphatic rings. The molecular formula is C13H22BrF2NO3S. The summed E-state index contributed by atoms with van der Waals surface area (Å²) in [6.45, 7) is 0. The van der Waals surface area contributed by atoms with Crippen molar-refractivity contribution in [1.29, 1.82) is 0 Å². The van der Waals surface area contributed by atoms with E-state index >= 15 is 0 Å². The summed E-state index contributed by atoms with van der Waals surface area (Å²) in [4.78, 5) is 0.0490. The van der Waals surface area contributed by atoms with Crippen LogP contribution in [0.25, 0.3) is 0 Å². The number of rotatable bonds is 4. The predicted molar refractivity (Wildman–Crippen MR) is 80.4 cm³/mol. The molecule has 21 heavy (non-hydrogen) atoms. The Morgan fingerprint density at radius 3 is 2.33 bits per heavy atom. The fraction of sp³-hybridized carbons (Fsp3) is 1.00. The van der Waals surface area contributed by atoms with E-state index in [0.29, 0.717) is 25.7 Å². The Bertz CT molecular complexity index is 450. The van der Waals surface area contributed by atoms with E-state index in [2.05, 4.69) is 20.7 Å². The highest BCUT2D eigenvalue weighted by Crippen LogP contribution is 2.36. The highest BCUT2D eigenvalue weighted by Gasteiger charge is 2.38. The largest absolute Gasteiger partial charge is 0.374 e. The van der Waals surface area contributed by atoms with Gasteiger partial charge in [0, 0.05) is 23.7 Å². The molecule has 0 aliphatic heterocycles. The van der Waals surface area contributed by atoms with Crippen molar-refractivity contribution in [3.8, 4) is 0 Å². The van der Waals surface area contributed by atoms with E-state index in [1.165, 1.54) is 0 Å². The molecule has 2 saturated carbocycles. The first-order valence-corrected chi connectivity index (χ1v) is 10.1. The van der Waals surface area contributed by atoms with E-state index in [9.17, 15) is 17.2 Å². The summed E-state index contributed by atoms with van der Waals surface area (Å²) in [5.74, 6) is -2.54. The van der Waals surface area contributed by atoms with Crippen molar-refractivity contribution in [3.05, 3.63) is 0 Å². The van der Waals surface area contributed by atoms with Crippen LogP contribution < -0.4 is 4.72 Å². The molecule has 3 atom stereocenters. The molecule has 2 fully saturated rings. The average molecular weight is 390 g/mol. The van der Waals surface area contributed by atoms with Crippen LogP contribution >= 0.6 is 15.9 Å². The van der Waals surface area contributed by atoms with Gasteiger partial charge in [-0.1, -0.05) is 15.9 Å². The fourth-order valence-corrected chi connectivity index (χ4v) is 4.71. The predicted octanol–water partition coefficient (Wildman–Crippen LogP) is 2.81. The van der Waals surface area contributed by atoms with Gasteiger partial charge in [-0.25, -0.2) is 21.9 Å². The second-order valence-corrected chi connectivity index (χ2v) is 9.10. The highest BCUT2D eigenvalue weighted by atomic mass is 79.9. The normalized spacial score (nSPS) is 34.8. The van der Waals surface area contributed by atoms with Crippen molar-refractivity contribution in [3.63, 3.8) is 0 Å². The Labute approximate surface area is 133 Å². The maximum atomic E-state index is 13.1. The van der Waals surface area contributed by atoms with Crippen molar-refractivity contribution in [1.82, 2.24) is 4.72 Å². The van der Waals surface area contributed by atoms with E-state index in [1.807, 2.05) is 0 Å². The second kappa shape index (κ2) is 6.76. The lowest BCUT2D eigenvalue weighted by Gasteiger charge is -2.37. The van der Waals surface area contributed by atoms with Gasteiger partial charge in [0.2, 0.25) is 15.9 Å². The van der Waals surface area contributed by atoms with Crippen molar-refractivity contribution in [2.45, 2.75) is 73.9 Å². The standard InChI is InChI=1S/C13H22BrF2NO3S/c1-21(18,19)17-9-2-3-12(11(14)8-9)20-10-4-6-13(15,16)7-5-10/h9-12,17H,2-8H2,1H3. The summed E-state index contributed by atoms with van der Waals surface area (Å²) >= 11 is 3.54. The third kappa shape index (κ3) is 5.73. The van der Waals surface area contributed by atoms with E-state index in [0.717, 1.165) is 12.7 Å². The average Bonchev–Trinajstić information content (AvgIpc) is 2.33. The van der Waals surface area contributed by atoms with Crippen LogP contribution in [-0.4, -0.2) is 43.7 Å². The molecule has 0 aromatic heterocycles. The van der Waals surface area contributed by atoms with Crippen LogP contribution in [0.2, 0.25) is 0 Å². The molecular weight excluding hydrogens is 368 g/mol. The van der Waals surface area contributed by atoms with Gasteiger partial charge in [0.1, 0.15) is 0 Å². The molecule has 0 aromatic rings. The molecule has 0 aromatic carbocycles. The maximum Gasteiger partial charge on any atom is 0.248 e. The van der Waals surface area contributed by atoms with Gasteiger partial charge in [-0.15, -0.1) is 0 Å². The number of hydrogen-bond donors (Lipinski definition) is 1. The van der Waals surface area contributed by atoms with Crippen molar-refractivity contribution < 1.29 is 21.9 Å². The van der Waals surface area contributed by atoms with Gasteiger partial charge in [0.15, 0.2) is 0 Å². The summed E-state index contributed by atoms with van der Waals surface area (Å²) in [5, 5.41) is 0. The topological polar surface area (TPSA) is 55.4 Å².